The van der Waals surface area contributed by atoms with Gasteiger partial charge in [-0.3, -0.25) is 0 Å². The predicted octanol–water partition coefficient (Wildman–Crippen LogP) is 3.12. The van der Waals surface area contributed by atoms with Crippen molar-refractivity contribution < 1.29 is 19.1 Å². The minimum Gasteiger partial charge on any atom is -0.446 e. The maximum Gasteiger partial charge on any atom is 0.420 e. The molecule has 2 amide bonds. The van der Waals surface area contributed by atoms with Gasteiger partial charge in [0, 0.05) is 0 Å². The van der Waals surface area contributed by atoms with Crippen LogP contribution in [0.4, 0.5) is 9.59 Å². The summed E-state index contributed by atoms with van der Waals surface area (Å²) in [6.45, 7) is 5.42. The minimum atomic E-state index is -0.677. The summed E-state index contributed by atoms with van der Waals surface area (Å²) >= 11 is 0. The maximum atomic E-state index is 12.1. The van der Waals surface area contributed by atoms with E-state index in [1.54, 1.807) is 20.8 Å². The Hall–Kier alpha value is -2.04. The van der Waals surface area contributed by atoms with Crippen molar-refractivity contribution in [1.29, 1.82) is 0 Å². The van der Waals surface area contributed by atoms with Crippen LogP contribution in [0.1, 0.15) is 32.4 Å². The summed E-state index contributed by atoms with van der Waals surface area (Å²) in [5.74, 6) is 0. The molecule has 0 bridgehead atoms. The summed E-state index contributed by atoms with van der Waals surface area (Å²) < 4.78 is 10.2. The third-order valence-electron chi connectivity index (χ3n) is 2.65. The van der Waals surface area contributed by atoms with E-state index in [1.807, 2.05) is 30.3 Å². The van der Waals surface area contributed by atoms with Gasteiger partial charge in [0.05, 0.1) is 0 Å². The van der Waals surface area contributed by atoms with E-state index in [9.17, 15) is 9.59 Å². The van der Waals surface area contributed by atoms with Crippen LogP contribution >= 0.6 is 0 Å². The average molecular weight is 263 g/mol. The number of hydrogen-bond acceptors (Lipinski definition) is 4. The largest absolute Gasteiger partial charge is 0.446 e. The Labute approximate surface area is 112 Å². The van der Waals surface area contributed by atoms with Gasteiger partial charge in [-0.15, -0.1) is 0 Å². The van der Waals surface area contributed by atoms with Crippen LogP contribution in [0.5, 0.6) is 0 Å². The molecule has 1 saturated heterocycles. The van der Waals surface area contributed by atoms with Crippen molar-refractivity contribution in [2.75, 3.05) is 6.61 Å². The van der Waals surface area contributed by atoms with Gasteiger partial charge in [-0.2, -0.15) is 0 Å². The van der Waals surface area contributed by atoms with Gasteiger partial charge in [-0.1, -0.05) is 30.3 Å². The van der Waals surface area contributed by atoms with Crippen LogP contribution < -0.4 is 0 Å². The van der Waals surface area contributed by atoms with E-state index in [4.69, 9.17) is 9.47 Å². The van der Waals surface area contributed by atoms with Crippen LogP contribution in [0.25, 0.3) is 0 Å². The lowest BCUT2D eigenvalue weighted by Gasteiger charge is -2.25. The topological polar surface area (TPSA) is 55.8 Å². The molecule has 1 aliphatic rings. The molecular weight excluding hydrogens is 246 g/mol. The highest BCUT2D eigenvalue weighted by Gasteiger charge is 2.41. The highest BCUT2D eigenvalue weighted by Crippen LogP contribution is 2.29. The summed E-state index contributed by atoms with van der Waals surface area (Å²) in [4.78, 5) is 24.8. The van der Waals surface area contributed by atoms with E-state index in [1.165, 1.54) is 0 Å². The summed E-state index contributed by atoms with van der Waals surface area (Å²) in [5, 5.41) is 0. The molecule has 0 aromatic heterocycles. The van der Waals surface area contributed by atoms with Crippen molar-refractivity contribution in [3.63, 3.8) is 0 Å². The van der Waals surface area contributed by atoms with Crippen molar-refractivity contribution in [1.82, 2.24) is 4.90 Å². The van der Waals surface area contributed by atoms with Crippen LogP contribution in [-0.2, 0) is 9.47 Å². The van der Waals surface area contributed by atoms with E-state index in [0.717, 1.165) is 10.5 Å². The lowest BCUT2D eigenvalue weighted by molar-refractivity contribution is 0.0290. The zero-order chi connectivity index (χ0) is 14.0. The van der Waals surface area contributed by atoms with Crippen LogP contribution in [-0.4, -0.2) is 29.3 Å². The fourth-order valence-electron chi connectivity index (χ4n) is 1.85. The first kappa shape index (κ1) is 13.4. The highest BCUT2D eigenvalue weighted by atomic mass is 16.6. The fraction of sp³-hybridized carbons (Fsp3) is 0.429. The third kappa shape index (κ3) is 3.05. The fourth-order valence-corrected chi connectivity index (χ4v) is 1.85. The number of cyclic esters (lactones) is 1. The molecular formula is C14H17NO4. The highest BCUT2D eigenvalue weighted by molar-refractivity contribution is 5.90. The summed E-state index contributed by atoms with van der Waals surface area (Å²) in [6, 6.07) is 8.85. The Balaban J connectivity index is 2.21. The average Bonchev–Trinajstić information content (AvgIpc) is 2.70. The number of carbonyl (C=O) groups excluding carboxylic acids is 2. The summed E-state index contributed by atoms with van der Waals surface area (Å²) in [5.41, 5.74) is 0.195. The van der Waals surface area contributed by atoms with Crippen LogP contribution in [0.2, 0.25) is 0 Å². The SMILES string of the molecule is CC(C)(C)OC(=O)N1C(=O)OC[C@@H]1c1ccccc1. The number of carbonyl (C=O) groups is 2. The summed E-state index contributed by atoms with van der Waals surface area (Å²) in [7, 11) is 0. The standard InChI is InChI=1S/C14H17NO4/c1-14(2,3)19-13(17)15-11(9-18-12(15)16)10-7-5-4-6-8-10/h4-8,11H,9H2,1-3H3/t11-/m1/s1. The van der Waals surface area contributed by atoms with Crippen molar-refractivity contribution in [3.8, 4) is 0 Å². The maximum absolute atomic E-state index is 12.1. The smallest absolute Gasteiger partial charge is 0.420 e. The van der Waals surface area contributed by atoms with Gasteiger partial charge in [-0.25, -0.2) is 14.5 Å². The van der Waals surface area contributed by atoms with Gasteiger partial charge in [0.25, 0.3) is 0 Å². The summed E-state index contributed by atoms with van der Waals surface area (Å²) in [6.07, 6.45) is -1.34. The molecule has 0 aliphatic carbocycles. The molecule has 1 aromatic carbocycles. The van der Waals surface area contributed by atoms with Crippen molar-refractivity contribution >= 4 is 12.2 Å². The molecule has 19 heavy (non-hydrogen) atoms. The van der Waals surface area contributed by atoms with Gasteiger partial charge in [-0.05, 0) is 26.3 Å². The first-order chi connectivity index (χ1) is 8.88. The second-order valence-corrected chi connectivity index (χ2v) is 5.35. The Morgan fingerprint density at radius 1 is 1.32 bits per heavy atom. The molecule has 5 nitrogen and oxygen atoms in total. The van der Waals surface area contributed by atoms with Crippen LogP contribution in [0, 0.1) is 0 Å². The Kier molecular flexibility index (Phi) is 3.46. The molecule has 0 unspecified atom stereocenters. The predicted molar refractivity (Wildman–Crippen MR) is 68.6 cm³/mol. The van der Waals surface area contributed by atoms with Gasteiger partial charge in [0.1, 0.15) is 18.2 Å². The van der Waals surface area contributed by atoms with E-state index >= 15 is 0 Å². The van der Waals surface area contributed by atoms with E-state index in [-0.39, 0.29) is 6.61 Å². The van der Waals surface area contributed by atoms with Crippen molar-refractivity contribution in [2.45, 2.75) is 32.4 Å². The second kappa shape index (κ2) is 4.91. The van der Waals surface area contributed by atoms with Gasteiger partial charge in [0.2, 0.25) is 0 Å². The number of ether oxygens (including phenoxy) is 2. The molecule has 0 N–H and O–H groups in total. The first-order valence-corrected chi connectivity index (χ1v) is 6.12. The number of benzene rings is 1. The van der Waals surface area contributed by atoms with Crippen LogP contribution in [0.3, 0.4) is 0 Å². The van der Waals surface area contributed by atoms with Crippen molar-refractivity contribution in [3.05, 3.63) is 35.9 Å². The van der Waals surface area contributed by atoms with E-state index in [2.05, 4.69) is 0 Å². The third-order valence-corrected chi connectivity index (χ3v) is 2.65. The molecule has 102 valence electrons. The number of hydrogen-bond donors (Lipinski definition) is 0. The Morgan fingerprint density at radius 3 is 2.53 bits per heavy atom. The molecule has 5 heteroatoms. The molecule has 1 aromatic rings. The van der Waals surface area contributed by atoms with Crippen molar-refractivity contribution in [2.24, 2.45) is 0 Å². The number of amides is 2. The molecule has 0 radical (unpaired) electrons. The second-order valence-electron chi connectivity index (χ2n) is 5.35. The van der Waals surface area contributed by atoms with Gasteiger partial charge in [0.15, 0.2) is 0 Å². The molecule has 0 spiro atoms. The minimum absolute atomic E-state index is 0.155. The molecule has 1 fully saturated rings. The Bertz CT molecular complexity index is 478. The molecule has 1 heterocycles. The number of imide groups is 1. The number of rotatable bonds is 1. The zero-order valence-corrected chi connectivity index (χ0v) is 11.3. The van der Waals surface area contributed by atoms with Gasteiger partial charge < -0.3 is 9.47 Å². The molecule has 0 saturated carbocycles. The quantitative estimate of drug-likeness (QED) is 0.781. The van der Waals surface area contributed by atoms with Gasteiger partial charge >= 0.3 is 12.2 Å². The first-order valence-electron chi connectivity index (χ1n) is 6.12. The monoisotopic (exact) mass is 263 g/mol. The lowest BCUT2D eigenvalue weighted by Crippen LogP contribution is -2.38. The van der Waals surface area contributed by atoms with E-state index < -0.39 is 23.8 Å². The lowest BCUT2D eigenvalue weighted by atomic mass is 10.1. The molecule has 1 atom stereocenters. The zero-order valence-electron chi connectivity index (χ0n) is 11.3. The molecule has 1 aliphatic heterocycles. The Morgan fingerprint density at radius 2 is 1.95 bits per heavy atom. The normalized spacial score (nSPS) is 19.2. The van der Waals surface area contributed by atoms with E-state index in [0.29, 0.717) is 0 Å². The number of nitrogens with zero attached hydrogens (tertiary/aromatic N) is 1. The molecule has 2 rings (SSSR count). The van der Waals surface area contributed by atoms with Crippen LogP contribution in [0.15, 0.2) is 30.3 Å².